The van der Waals surface area contributed by atoms with Crippen LogP contribution < -0.4 is 32.7 Å². The molecule has 1 aromatic carbocycles. The summed E-state index contributed by atoms with van der Waals surface area (Å²) in [6.07, 6.45) is 4.89. The van der Waals surface area contributed by atoms with Gasteiger partial charge in [-0.1, -0.05) is 37.6 Å². The molecule has 14 nitrogen and oxygen atoms in total. The van der Waals surface area contributed by atoms with Gasteiger partial charge in [-0.15, -0.1) is 0 Å². The first kappa shape index (κ1) is 31.9. The van der Waals surface area contributed by atoms with Crippen molar-refractivity contribution in [1.82, 2.24) is 35.1 Å². The van der Waals surface area contributed by atoms with E-state index in [0.717, 1.165) is 57.3 Å². The number of carbonyl (C=O) groups excluding carboxylic acids is 2. The number of nitrogen functional groups attached to an aromatic ring is 1. The average molecular weight is 598 g/mol. The second-order valence-corrected chi connectivity index (χ2v) is 11.0. The minimum atomic E-state index is -0.644. The molecule has 3 aromatic rings. The number of anilines is 1. The van der Waals surface area contributed by atoms with Gasteiger partial charge in [-0.25, -0.2) is 10.7 Å². The summed E-state index contributed by atoms with van der Waals surface area (Å²) in [5, 5.41) is 5.44. The Balaban J connectivity index is 1.23. The maximum atomic E-state index is 12.7. The highest BCUT2D eigenvalue weighted by Crippen LogP contribution is 2.22. The number of nitrogens with one attached hydrogen (secondary N) is 3. The van der Waals surface area contributed by atoms with Gasteiger partial charge in [-0.3, -0.25) is 23.9 Å². The molecule has 1 atom stereocenters. The van der Waals surface area contributed by atoms with E-state index in [-0.39, 0.29) is 30.0 Å². The minimum Gasteiger partial charge on any atom is -0.463 e. The molecule has 0 radical (unpaired) electrons. The molecule has 234 valence electrons. The summed E-state index contributed by atoms with van der Waals surface area (Å²) in [7, 11) is 0. The molecular weight excluding hydrogens is 554 g/mol. The second-order valence-electron chi connectivity index (χ2n) is 11.0. The van der Waals surface area contributed by atoms with E-state index < -0.39 is 11.9 Å². The van der Waals surface area contributed by atoms with Crippen molar-refractivity contribution in [3.63, 3.8) is 0 Å². The van der Waals surface area contributed by atoms with Crippen molar-refractivity contribution in [3.8, 4) is 6.01 Å². The van der Waals surface area contributed by atoms with Crippen LogP contribution in [0, 0.1) is 5.92 Å². The molecule has 2 amide bonds. The number of piperidine rings is 1. The van der Waals surface area contributed by atoms with Crippen LogP contribution in [0.15, 0.2) is 29.1 Å². The summed E-state index contributed by atoms with van der Waals surface area (Å²) in [5.41, 5.74) is 8.78. The van der Waals surface area contributed by atoms with E-state index in [1.807, 2.05) is 12.1 Å². The molecule has 1 aliphatic rings. The molecule has 0 saturated carbocycles. The second kappa shape index (κ2) is 15.5. The zero-order valence-corrected chi connectivity index (χ0v) is 24.9. The maximum absolute atomic E-state index is 12.7. The first-order valence-electron chi connectivity index (χ1n) is 14.8. The number of imidazole rings is 1. The number of ether oxygens (including phenoxy) is 1. The number of aromatic amines is 1. The van der Waals surface area contributed by atoms with E-state index in [1.54, 1.807) is 11.5 Å². The normalized spacial score (nSPS) is 15.0. The Kier molecular flexibility index (Phi) is 11.5. The van der Waals surface area contributed by atoms with Crippen LogP contribution in [-0.4, -0.2) is 75.1 Å². The Morgan fingerprint density at radius 3 is 2.51 bits per heavy atom. The van der Waals surface area contributed by atoms with Crippen LogP contribution in [0.5, 0.6) is 6.01 Å². The van der Waals surface area contributed by atoms with Crippen molar-refractivity contribution in [3.05, 3.63) is 45.9 Å². The molecule has 1 aliphatic heterocycles. The molecule has 0 bridgehead atoms. The highest BCUT2D eigenvalue weighted by atomic mass is 16.6. The highest BCUT2D eigenvalue weighted by Gasteiger charge is 2.21. The van der Waals surface area contributed by atoms with Crippen LogP contribution in [0.3, 0.4) is 0 Å². The number of amides is 2. The standard InChI is InChI=1S/C29H43N9O5/c1-3-4-15-42-28-35-25(30)24-26(36-28)38(29(41)34-24)17-22-7-5-21(6-8-22)16-37-13-10-20(11-14-37)9-12-32-27(40)19(2)33-23(39)18-43-31/h5-8,19-20H,3-4,9-18,31H2,1-2H3,(H,32,40)(H,33,39)(H,34,41)(H2,30,35,36). The van der Waals surface area contributed by atoms with Crippen molar-refractivity contribution in [2.45, 2.75) is 65.1 Å². The van der Waals surface area contributed by atoms with Gasteiger partial charge in [0.25, 0.3) is 0 Å². The van der Waals surface area contributed by atoms with Gasteiger partial charge in [0.15, 0.2) is 11.5 Å². The summed E-state index contributed by atoms with van der Waals surface area (Å²) in [6.45, 7) is 7.65. The third-order valence-corrected chi connectivity index (χ3v) is 7.67. The van der Waals surface area contributed by atoms with Gasteiger partial charge in [0.2, 0.25) is 11.8 Å². The molecule has 3 heterocycles. The van der Waals surface area contributed by atoms with Crippen LogP contribution in [-0.2, 0) is 27.5 Å². The largest absolute Gasteiger partial charge is 0.463 e. The average Bonchev–Trinajstić information content (AvgIpc) is 3.30. The third-order valence-electron chi connectivity index (χ3n) is 7.67. The van der Waals surface area contributed by atoms with Crippen LogP contribution in [0.4, 0.5) is 5.82 Å². The Bertz CT molecular complexity index is 1410. The number of aromatic nitrogens is 4. The Labute approximate surface area is 250 Å². The van der Waals surface area contributed by atoms with Crippen molar-refractivity contribution in [2.75, 3.05) is 38.6 Å². The predicted molar refractivity (Wildman–Crippen MR) is 162 cm³/mol. The number of benzene rings is 1. The zero-order valence-electron chi connectivity index (χ0n) is 24.9. The molecule has 0 spiro atoms. The Morgan fingerprint density at radius 2 is 1.84 bits per heavy atom. The summed E-state index contributed by atoms with van der Waals surface area (Å²) < 4.78 is 7.18. The molecule has 1 unspecified atom stereocenters. The van der Waals surface area contributed by atoms with Gasteiger partial charge in [0.1, 0.15) is 18.2 Å². The van der Waals surface area contributed by atoms with E-state index in [9.17, 15) is 14.4 Å². The molecule has 2 aromatic heterocycles. The van der Waals surface area contributed by atoms with E-state index in [4.69, 9.17) is 16.4 Å². The van der Waals surface area contributed by atoms with E-state index >= 15 is 0 Å². The van der Waals surface area contributed by atoms with Gasteiger partial charge >= 0.3 is 11.7 Å². The number of unbranched alkanes of at least 4 members (excludes halogenated alkanes) is 1. The smallest absolute Gasteiger partial charge is 0.328 e. The Hall–Kier alpha value is -4.01. The fourth-order valence-electron chi connectivity index (χ4n) is 5.15. The lowest BCUT2D eigenvalue weighted by Gasteiger charge is -2.32. The fraction of sp³-hybridized carbons (Fsp3) is 0.552. The first-order chi connectivity index (χ1) is 20.8. The summed E-state index contributed by atoms with van der Waals surface area (Å²) in [5.74, 6) is 4.95. The Morgan fingerprint density at radius 1 is 1.14 bits per heavy atom. The number of H-pyrrole nitrogens is 1. The van der Waals surface area contributed by atoms with Gasteiger partial charge in [-0.2, -0.15) is 9.97 Å². The quantitative estimate of drug-likeness (QED) is 0.125. The number of likely N-dealkylation sites (tertiary alicyclic amines) is 1. The topological polar surface area (TPSA) is 196 Å². The van der Waals surface area contributed by atoms with Crippen LogP contribution >= 0.6 is 0 Å². The lowest BCUT2D eigenvalue weighted by molar-refractivity contribution is -0.131. The van der Waals surface area contributed by atoms with Crippen molar-refractivity contribution in [2.24, 2.45) is 11.8 Å². The summed E-state index contributed by atoms with van der Waals surface area (Å²) in [4.78, 5) is 54.5. The molecule has 14 heteroatoms. The summed E-state index contributed by atoms with van der Waals surface area (Å²) >= 11 is 0. The molecule has 7 N–H and O–H groups in total. The van der Waals surface area contributed by atoms with E-state index in [0.29, 0.717) is 36.8 Å². The van der Waals surface area contributed by atoms with Gasteiger partial charge < -0.3 is 26.1 Å². The van der Waals surface area contributed by atoms with Crippen LogP contribution in [0.2, 0.25) is 0 Å². The third kappa shape index (κ3) is 8.99. The highest BCUT2D eigenvalue weighted by molar-refractivity contribution is 5.87. The number of nitrogens with two attached hydrogens (primary N) is 2. The van der Waals surface area contributed by atoms with E-state index in [2.05, 4.69) is 54.4 Å². The lowest BCUT2D eigenvalue weighted by atomic mass is 9.93. The predicted octanol–water partition coefficient (Wildman–Crippen LogP) is 1.04. The number of fused-ring (bicyclic) bond motifs is 1. The van der Waals surface area contributed by atoms with Gasteiger partial charge in [0.05, 0.1) is 13.2 Å². The number of nitrogens with zero attached hydrogens (tertiary/aromatic N) is 4. The fourth-order valence-corrected chi connectivity index (χ4v) is 5.15. The minimum absolute atomic E-state index is 0.171. The lowest BCUT2D eigenvalue weighted by Crippen LogP contribution is -2.46. The van der Waals surface area contributed by atoms with Crippen LogP contribution in [0.25, 0.3) is 11.2 Å². The SMILES string of the molecule is CCCCOc1nc(N)c2[nH]c(=O)n(Cc3ccc(CN4CCC(CCNC(=O)C(C)NC(=O)CON)CC4)cc3)c2n1. The first-order valence-corrected chi connectivity index (χ1v) is 14.8. The van der Waals surface area contributed by atoms with Gasteiger partial charge in [-0.05, 0) is 62.7 Å². The van der Waals surface area contributed by atoms with Crippen molar-refractivity contribution >= 4 is 28.8 Å². The molecule has 1 fully saturated rings. The molecule has 43 heavy (non-hydrogen) atoms. The summed E-state index contributed by atoms with van der Waals surface area (Å²) in [6, 6.07) is 7.79. The molecular formula is C29H43N9O5. The number of hydrogen-bond acceptors (Lipinski definition) is 10. The molecule has 1 saturated heterocycles. The number of rotatable bonds is 15. The van der Waals surface area contributed by atoms with Crippen molar-refractivity contribution in [1.29, 1.82) is 0 Å². The molecule has 4 rings (SSSR count). The number of hydrogen-bond donors (Lipinski definition) is 5. The maximum Gasteiger partial charge on any atom is 0.328 e. The van der Waals surface area contributed by atoms with Gasteiger partial charge in [0, 0.05) is 13.1 Å². The van der Waals surface area contributed by atoms with Crippen molar-refractivity contribution < 1.29 is 19.2 Å². The van der Waals surface area contributed by atoms with E-state index in [1.165, 1.54) is 5.56 Å². The zero-order chi connectivity index (χ0) is 30.8. The monoisotopic (exact) mass is 597 g/mol. The number of carbonyl (C=O) groups is 2. The van der Waals surface area contributed by atoms with Crippen LogP contribution in [0.1, 0.15) is 57.1 Å². The molecule has 0 aliphatic carbocycles.